The van der Waals surface area contributed by atoms with Crippen LogP contribution in [0.4, 0.5) is 0 Å². The molecule has 0 amide bonds. The third-order valence-corrected chi connectivity index (χ3v) is 6.48. The lowest BCUT2D eigenvalue weighted by Gasteiger charge is -2.26. The van der Waals surface area contributed by atoms with Gasteiger partial charge < -0.3 is 33.2 Å². The van der Waals surface area contributed by atoms with E-state index in [0.29, 0.717) is 0 Å². The number of ether oxygens (including phenoxy) is 7. The van der Waals surface area contributed by atoms with E-state index in [9.17, 15) is 0 Å². The number of hydrogen-bond donors (Lipinski definition) is 0. The molecular formula is C16H16O7. The minimum atomic E-state index is -0.263. The van der Waals surface area contributed by atoms with Crippen LogP contribution < -0.4 is 0 Å². The molecule has 0 unspecified atom stereocenters. The molecule has 5 fully saturated rings. The van der Waals surface area contributed by atoms with Crippen molar-refractivity contribution in [2.24, 2.45) is 35.5 Å². The van der Waals surface area contributed by atoms with E-state index in [1.807, 2.05) is 0 Å². The van der Waals surface area contributed by atoms with Crippen LogP contribution >= 0.6 is 0 Å². The maximum absolute atomic E-state index is 6.04. The van der Waals surface area contributed by atoms with Crippen LogP contribution in [-0.2, 0) is 33.2 Å². The number of hydrogen-bond acceptors (Lipinski definition) is 7. The molecular weight excluding hydrogens is 304 g/mol. The normalized spacial score (nSPS) is 65.7. The summed E-state index contributed by atoms with van der Waals surface area (Å²) < 4.78 is 40.9. The van der Waals surface area contributed by atoms with Gasteiger partial charge in [-0.3, -0.25) is 0 Å². The molecule has 0 radical (unpaired) electrons. The van der Waals surface area contributed by atoms with Crippen molar-refractivity contribution in [3.05, 3.63) is 24.7 Å². The van der Waals surface area contributed by atoms with E-state index in [0.717, 1.165) is 0 Å². The van der Waals surface area contributed by atoms with Crippen LogP contribution in [0.15, 0.2) is 24.7 Å². The summed E-state index contributed by atoms with van der Waals surface area (Å²) in [6, 6.07) is 0. The first kappa shape index (κ1) is 12.3. The highest BCUT2D eigenvalue weighted by molar-refractivity contribution is 5.13. The number of fused-ring (bicyclic) bond motifs is 11. The second-order valence-corrected chi connectivity index (χ2v) is 7.28. The van der Waals surface area contributed by atoms with Crippen LogP contribution in [0.25, 0.3) is 0 Å². The van der Waals surface area contributed by atoms with E-state index in [-0.39, 0.29) is 73.2 Å². The summed E-state index contributed by atoms with van der Waals surface area (Å²) in [5, 5.41) is 0. The molecule has 0 spiro atoms. The number of rotatable bonds is 0. The fraction of sp³-hybridized carbons (Fsp3) is 0.750. The Morgan fingerprint density at radius 2 is 0.826 bits per heavy atom. The van der Waals surface area contributed by atoms with Crippen LogP contribution in [0.3, 0.4) is 0 Å². The third-order valence-electron chi connectivity index (χ3n) is 6.48. The zero-order valence-corrected chi connectivity index (χ0v) is 12.1. The summed E-state index contributed by atoms with van der Waals surface area (Å²) in [4.78, 5) is 0. The average molecular weight is 320 g/mol. The van der Waals surface area contributed by atoms with E-state index in [1.54, 1.807) is 12.5 Å². The van der Waals surface area contributed by atoms with Gasteiger partial charge >= 0.3 is 0 Å². The lowest BCUT2D eigenvalue weighted by atomic mass is 9.71. The van der Waals surface area contributed by atoms with E-state index in [4.69, 9.17) is 33.2 Å². The Bertz CT molecular complexity index is 568. The van der Waals surface area contributed by atoms with Crippen LogP contribution in [0.2, 0.25) is 0 Å². The quantitative estimate of drug-likeness (QED) is 0.656. The van der Waals surface area contributed by atoms with E-state index < -0.39 is 0 Å². The van der Waals surface area contributed by atoms with Gasteiger partial charge in [0.1, 0.15) is 0 Å². The molecule has 0 aromatic carbocycles. The molecule has 7 aliphatic heterocycles. The molecule has 0 aliphatic carbocycles. The van der Waals surface area contributed by atoms with Gasteiger partial charge in [0.25, 0.3) is 0 Å². The molecule has 122 valence electrons. The average Bonchev–Trinajstić information content (AvgIpc) is 3.23. The minimum Gasteiger partial charge on any atom is -0.472 e. The van der Waals surface area contributed by atoms with E-state index >= 15 is 0 Å². The Balaban J connectivity index is 1.28. The highest BCUT2D eigenvalue weighted by Crippen LogP contribution is 2.62. The van der Waals surface area contributed by atoms with Crippen molar-refractivity contribution in [3.63, 3.8) is 0 Å². The molecule has 12 atom stereocenters. The molecule has 7 heterocycles. The van der Waals surface area contributed by atoms with Crippen molar-refractivity contribution in [1.82, 2.24) is 0 Å². The Morgan fingerprint density at radius 3 is 1.30 bits per heavy atom. The second-order valence-electron chi connectivity index (χ2n) is 7.28. The maximum Gasteiger partial charge on any atom is 0.208 e. The van der Waals surface area contributed by atoms with Gasteiger partial charge in [-0.25, -0.2) is 0 Å². The Hall–Kier alpha value is -1.12. The smallest absolute Gasteiger partial charge is 0.208 e. The zero-order chi connectivity index (χ0) is 14.7. The first-order valence-electron chi connectivity index (χ1n) is 8.30. The fourth-order valence-corrected chi connectivity index (χ4v) is 5.65. The highest BCUT2D eigenvalue weighted by atomic mass is 16.9. The summed E-state index contributed by atoms with van der Waals surface area (Å²) in [6.45, 7) is 0. The van der Waals surface area contributed by atoms with Crippen LogP contribution in [0.1, 0.15) is 0 Å². The molecule has 0 aromatic rings. The molecule has 7 nitrogen and oxygen atoms in total. The SMILES string of the molecule is C1=C[C@@H]2[C@H](O1)O[C@@H]1O[C@H]3O[C@@H]4O[C@H]5O[C@@H]6OC=C[C@@H]6[C@H]5[C@@H]4[C@H]3[C@@H]12. The van der Waals surface area contributed by atoms with Gasteiger partial charge in [-0.05, 0) is 12.2 Å². The van der Waals surface area contributed by atoms with Crippen molar-refractivity contribution in [1.29, 1.82) is 0 Å². The van der Waals surface area contributed by atoms with Crippen molar-refractivity contribution < 1.29 is 33.2 Å². The van der Waals surface area contributed by atoms with Crippen molar-refractivity contribution in [2.45, 2.75) is 37.7 Å². The van der Waals surface area contributed by atoms with Crippen molar-refractivity contribution in [2.75, 3.05) is 0 Å². The van der Waals surface area contributed by atoms with Gasteiger partial charge in [0, 0.05) is 23.7 Å². The van der Waals surface area contributed by atoms with Crippen LogP contribution in [0, 0.1) is 35.5 Å². The highest BCUT2D eigenvalue weighted by Gasteiger charge is 2.71. The maximum atomic E-state index is 6.04. The largest absolute Gasteiger partial charge is 0.472 e. The fourth-order valence-electron chi connectivity index (χ4n) is 5.65. The van der Waals surface area contributed by atoms with Crippen molar-refractivity contribution in [3.8, 4) is 0 Å². The van der Waals surface area contributed by atoms with Gasteiger partial charge in [-0.15, -0.1) is 0 Å². The topological polar surface area (TPSA) is 64.6 Å². The van der Waals surface area contributed by atoms with E-state index in [2.05, 4.69) is 12.2 Å². The lowest BCUT2D eigenvalue weighted by Crippen LogP contribution is -2.34. The van der Waals surface area contributed by atoms with E-state index in [1.165, 1.54) is 0 Å². The summed E-state index contributed by atoms with van der Waals surface area (Å²) in [5.74, 6) is 1.41. The molecule has 7 rings (SSSR count). The summed E-state index contributed by atoms with van der Waals surface area (Å²) >= 11 is 0. The van der Waals surface area contributed by atoms with Gasteiger partial charge in [-0.1, -0.05) is 0 Å². The summed E-state index contributed by atoms with van der Waals surface area (Å²) in [7, 11) is 0. The van der Waals surface area contributed by atoms with Gasteiger partial charge in [0.05, 0.1) is 24.4 Å². The second kappa shape index (κ2) is 3.92. The molecule has 23 heavy (non-hydrogen) atoms. The molecule has 7 aliphatic rings. The van der Waals surface area contributed by atoms with Gasteiger partial charge in [0.2, 0.25) is 12.6 Å². The minimum absolute atomic E-state index is 0.217. The molecule has 0 aromatic heterocycles. The third kappa shape index (κ3) is 1.33. The molecule has 0 N–H and O–H groups in total. The standard InChI is InChI=1S/C16H16O7/c1-3-17-11-5(1)7-9-10-8-6-2-4-18-12(6)20-14(8)22-16(10)23-15(9)21-13(7)19-11/h1-16H/t5-,6+,7-,8-,9+,10+,11+,12-,13+,14+,15-,16-/m0/s1. The van der Waals surface area contributed by atoms with Crippen LogP contribution in [0.5, 0.6) is 0 Å². The Labute approximate surface area is 132 Å². The lowest BCUT2D eigenvalue weighted by molar-refractivity contribution is -0.284. The first-order chi connectivity index (χ1) is 11.4. The predicted molar refractivity (Wildman–Crippen MR) is 69.5 cm³/mol. The first-order valence-corrected chi connectivity index (χ1v) is 8.30. The molecule has 7 heteroatoms. The van der Waals surface area contributed by atoms with Crippen molar-refractivity contribution >= 4 is 0 Å². The predicted octanol–water partition coefficient (Wildman–Crippen LogP) is 0.879. The molecule has 5 saturated heterocycles. The molecule has 0 saturated carbocycles. The zero-order valence-electron chi connectivity index (χ0n) is 12.1. The van der Waals surface area contributed by atoms with Gasteiger partial charge in [-0.2, -0.15) is 0 Å². The van der Waals surface area contributed by atoms with Crippen LogP contribution in [-0.4, -0.2) is 37.7 Å². The van der Waals surface area contributed by atoms with Gasteiger partial charge in [0.15, 0.2) is 25.2 Å². The summed E-state index contributed by atoms with van der Waals surface area (Å²) in [5.41, 5.74) is 0. The Kier molecular flexibility index (Phi) is 2.09. The summed E-state index contributed by atoms with van der Waals surface area (Å²) in [6.07, 6.45) is 6.20. The Morgan fingerprint density at radius 1 is 0.435 bits per heavy atom. The monoisotopic (exact) mass is 320 g/mol. The molecule has 0 bridgehead atoms.